The number of amides is 1. The van der Waals surface area contributed by atoms with Gasteiger partial charge in [0.15, 0.2) is 0 Å². The Bertz CT molecular complexity index is 547. The summed E-state index contributed by atoms with van der Waals surface area (Å²) in [5, 5.41) is 0. The first-order valence-electron chi connectivity index (χ1n) is 6.90. The molecule has 4 heteroatoms. The fourth-order valence-corrected chi connectivity index (χ4v) is 3.46. The molecule has 2 heterocycles. The molecule has 0 aliphatic carbocycles. The maximum Gasteiger partial charge on any atom is 0.250 e. The molecule has 0 saturated carbocycles. The first-order chi connectivity index (χ1) is 9.86. The number of benzene rings is 1. The second kappa shape index (κ2) is 6.18. The van der Waals surface area contributed by atoms with Crippen molar-refractivity contribution < 1.29 is 4.79 Å². The maximum atomic E-state index is 12.9. The quantitative estimate of drug-likeness (QED) is 0.866. The highest BCUT2D eigenvalue weighted by atomic mass is 32.2. The zero-order valence-electron chi connectivity index (χ0n) is 11.3. The van der Waals surface area contributed by atoms with Gasteiger partial charge in [-0.2, -0.15) is 11.8 Å². The third-order valence-corrected chi connectivity index (χ3v) is 4.54. The summed E-state index contributed by atoms with van der Waals surface area (Å²) in [5.74, 6) is 2.28. The van der Waals surface area contributed by atoms with Crippen LogP contribution in [0.15, 0.2) is 54.9 Å². The van der Waals surface area contributed by atoms with Gasteiger partial charge in [-0.15, -0.1) is 0 Å². The molecule has 1 aliphatic heterocycles. The summed E-state index contributed by atoms with van der Waals surface area (Å²) in [6.07, 6.45) is 3.93. The van der Waals surface area contributed by atoms with Crippen molar-refractivity contribution in [2.45, 2.75) is 6.04 Å². The lowest BCUT2D eigenvalue weighted by molar-refractivity contribution is -0.133. The molecule has 104 valence electrons. The summed E-state index contributed by atoms with van der Waals surface area (Å²) in [6.45, 7) is 1.71. The van der Waals surface area contributed by atoms with Gasteiger partial charge >= 0.3 is 0 Å². The average Bonchev–Trinajstić information content (AvgIpc) is 3.03. The smallest absolute Gasteiger partial charge is 0.250 e. The third kappa shape index (κ3) is 2.75. The zero-order valence-corrected chi connectivity index (χ0v) is 12.1. The fraction of sp³-hybridized carbons (Fsp3) is 0.312. The van der Waals surface area contributed by atoms with Crippen LogP contribution in [0.3, 0.4) is 0 Å². The van der Waals surface area contributed by atoms with Crippen LogP contribution in [0.4, 0.5) is 0 Å². The number of carbonyl (C=O) groups is 1. The van der Waals surface area contributed by atoms with E-state index >= 15 is 0 Å². The lowest BCUT2D eigenvalue weighted by Crippen LogP contribution is -2.42. The highest BCUT2D eigenvalue weighted by Crippen LogP contribution is 2.23. The Kier molecular flexibility index (Phi) is 4.11. The lowest BCUT2D eigenvalue weighted by Gasteiger charge is -2.31. The maximum absolute atomic E-state index is 12.9. The highest BCUT2D eigenvalue weighted by Gasteiger charge is 2.27. The van der Waals surface area contributed by atoms with Gasteiger partial charge in [-0.25, -0.2) is 0 Å². The molecule has 20 heavy (non-hydrogen) atoms. The SMILES string of the molecule is O=C([C@H](c1ccccc1)n1cccc1)N1CCSCC1. The topological polar surface area (TPSA) is 25.2 Å². The minimum atomic E-state index is -0.241. The van der Waals surface area contributed by atoms with Crippen molar-refractivity contribution in [3.8, 4) is 0 Å². The van der Waals surface area contributed by atoms with E-state index in [0.29, 0.717) is 0 Å². The van der Waals surface area contributed by atoms with Crippen LogP contribution in [-0.2, 0) is 4.79 Å². The highest BCUT2D eigenvalue weighted by molar-refractivity contribution is 7.99. The first kappa shape index (κ1) is 13.3. The second-order valence-corrected chi connectivity index (χ2v) is 6.11. The van der Waals surface area contributed by atoms with E-state index in [2.05, 4.69) is 0 Å². The Morgan fingerprint density at radius 2 is 1.65 bits per heavy atom. The molecule has 1 aliphatic rings. The van der Waals surface area contributed by atoms with Crippen molar-refractivity contribution in [2.75, 3.05) is 24.6 Å². The Labute approximate surface area is 123 Å². The summed E-state index contributed by atoms with van der Waals surface area (Å²) in [4.78, 5) is 14.9. The Morgan fingerprint density at radius 3 is 2.30 bits per heavy atom. The molecule has 1 aromatic carbocycles. The number of aromatic nitrogens is 1. The summed E-state index contributed by atoms with van der Waals surface area (Å²) in [5.41, 5.74) is 1.05. The lowest BCUT2D eigenvalue weighted by atomic mass is 10.1. The van der Waals surface area contributed by atoms with E-state index in [1.165, 1.54) is 0 Å². The van der Waals surface area contributed by atoms with Gasteiger partial charge in [-0.3, -0.25) is 4.79 Å². The molecular weight excluding hydrogens is 268 g/mol. The van der Waals surface area contributed by atoms with Crippen molar-refractivity contribution >= 4 is 17.7 Å². The van der Waals surface area contributed by atoms with Gasteiger partial charge in [0.05, 0.1) is 0 Å². The van der Waals surface area contributed by atoms with Gasteiger partial charge in [0.2, 0.25) is 5.91 Å². The molecule has 1 amide bonds. The van der Waals surface area contributed by atoms with E-state index in [0.717, 1.165) is 30.2 Å². The van der Waals surface area contributed by atoms with Gasteiger partial charge in [0, 0.05) is 37.0 Å². The fourth-order valence-electron chi connectivity index (χ4n) is 2.55. The molecule has 0 spiro atoms. The number of nitrogens with zero attached hydrogens (tertiary/aromatic N) is 2. The summed E-state index contributed by atoms with van der Waals surface area (Å²) in [6, 6.07) is 13.7. The Balaban J connectivity index is 1.91. The van der Waals surface area contributed by atoms with Crippen LogP contribution >= 0.6 is 11.8 Å². The predicted molar refractivity (Wildman–Crippen MR) is 82.9 cm³/mol. The normalized spacial score (nSPS) is 16.9. The van der Waals surface area contributed by atoms with E-state index in [1.807, 2.05) is 76.1 Å². The molecule has 1 saturated heterocycles. The number of hydrogen-bond donors (Lipinski definition) is 0. The number of carbonyl (C=O) groups excluding carboxylic acids is 1. The minimum absolute atomic E-state index is 0.202. The number of thioether (sulfide) groups is 1. The van der Waals surface area contributed by atoms with Crippen molar-refractivity contribution in [2.24, 2.45) is 0 Å². The molecule has 0 unspecified atom stereocenters. The van der Waals surface area contributed by atoms with Crippen LogP contribution in [0.5, 0.6) is 0 Å². The average molecular weight is 286 g/mol. The van der Waals surface area contributed by atoms with Gasteiger partial charge in [0.1, 0.15) is 6.04 Å². The van der Waals surface area contributed by atoms with Crippen molar-refractivity contribution in [1.82, 2.24) is 9.47 Å². The van der Waals surface area contributed by atoms with Gasteiger partial charge < -0.3 is 9.47 Å². The van der Waals surface area contributed by atoms with Gasteiger partial charge in [0.25, 0.3) is 0 Å². The number of rotatable bonds is 3. The monoisotopic (exact) mass is 286 g/mol. The van der Waals surface area contributed by atoms with Crippen LogP contribution in [0.25, 0.3) is 0 Å². The molecule has 1 fully saturated rings. The summed E-state index contributed by atoms with van der Waals surface area (Å²) < 4.78 is 2.00. The molecule has 1 aromatic heterocycles. The van der Waals surface area contributed by atoms with E-state index in [-0.39, 0.29) is 11.9 Å². The molecule has 3 rings (SSSR count). The molecule has 0 bridgehead atoms. The van der Waals surface area contributed by atoms with E-state index in [1.54, 1.807) is 0 Å². The van der Waals surface area contributed by atoms with Crippen molar-refractivity contribution in [1.29, 1.82) is 0 Å². The summed E-state index contributed by atoms with van der Waals surface area (Å²) >= 11 is 1.92. The van der Waals surface area contributed by atoms with Gasteiger partial charge in [-0.05, 0) is 17.7 Å². The molecule has 0 N–H and O–H groups in total. The molecule has 3 nitrogen and oxygen atoms in total. The minimum Gasteiger partial charge on any atom is -0.339 e. The van der Waals surface area contributed by atoms with E-state index in [4.69, 9.17) is 0 Å². The molecule has 1 atom stereocenters. The van der Waals surface area contributed by atoms with E-state index in [9.17, 15) is 4.79 Å². The number of hydrogen-bond acceptors (Lipinski definition) is 2. The van der Waals surface area contributed by atoms with E-state index < -0.39 is 0 Å². The molecular formula is C16H18N2OS. The Hall–Kier alpha value is -1.68. The van der Waals surface area contributed by atoms with Crippen LogP contribution in [0.2, 0.25) is 0 Å². The predicted octanol–water partition coefficient (Wildman–Crippen LogP) is 2.65. The molecule has 0 radical (unpaired) electrons. The standard InChI is InChI=1S/C16H18N2OS/c19-16(18-10-12-20-13-11-18)15(17-8-4-5-9-17)14-6-2-1-3-7-14/h1-9,15H,10-13H2/t15-/m0/s1. The van der Waals surface area contributed by atoms with Crippen LogP contribution < -0.4 is 0 Å². The van der Waals surface area contributed by atoms with Crippen LogP contribution in [0.1, 0.15) is 11.6 Å². The summed E-state index contributed by atoms with van der Waals surface area (Å²) in [7, 11) is 0. The zero-order chi connectivity index (χ0) is 13.8. The van der Waals surface area contributed by atoms with Crippen LogP contribution in [-0.4, -0.2) is 40.0 Å². The van der Waals surface area contributed by atoms with Crippen molar-refractivity contribution in [3.63, 3.8) is 0 Å². The second-order valence-electron chi connectivity index (χ2n) is 4.88. The van der Waals surface area contributed by atoms with Crippen molar-refractivity contribution in [3.05, 3.63) is 60.4 Å². The third-order valence-electron chi connectivity index (χ3n) is 3.60. The molecule has 2 aromatic rings. The largest absolute Gasteiger partial charge is 0.339 e. The van der Waals surface area contributed by atoms with Gasteiger partial charge in [-0.1, -0.05) is 30.3 Å². The van der Waals surface area contributed by atoms with Crippen LogP contribution in [0, 0.1) is 0 Å². The Morgan fingerprint density at radius 1 is 1.00 bits per heavy atom. The first-order valence-corrected chi connectivity index (χ1v) is 8.05.